The van der Waals surface area contributed by atoms with Gasteiger partial charge in [0.2, 0.25) is 0 Å². The first-order chi connectivity index (χ1) is 9.15. The lowest BCUT2D eigenvalue weighted by atomic mass is 9.93. The van der Waals surface area contributed by atoms with Gasteiger partial charge in [0.25, 0.3) is 0 Å². The van der Waals surface area contributed by atoms with Crippen LogP contribution in [0.5, 0.6) is 5.75 Å². The van der Waals surface area contributed by atoms with Crippen LogP contribution in [0.1, 0.15) is 21.8 Å². The van der Waals surface area contributed by atoms with Crippen LogP contribution in [0.25, 0.3) is 0 Å². The van der Waals surface area contributed by atoms with E-state index in [1.165, 1.54) is 10.9 Å². The van der Waals surface area contributed by atoms with Crippen LogP contribution in [-0.4, -0.2) is 22.7 Å². The van der Waals surface area contributed by atoms with Crippen molar-refractivity contribution >= 4 is 5.78 Å². The van der Waals surface area contributed by atoms with E-state index in [1.807, 2.05) is 6.07 Å². The molecule has 1 unspecified atom stereocenters. The minimum atomic E-state index is -0.824. The van der Waals surface area contributed by atoms with Crippen molar-refractivity contribution in [2.45, 2.75) is 5.92 Å². The fourth-order valence-corrected chi connectivity index (χ4v) is 1.80. The van der Waals surface area contributed by atoms with Gasteiger partial charge in [-0.1, -0.05) is 12.1 Å². The number of methoxy groups -OCH3 is 1. The molecule has 5 nitrogen and oxygen atoms in total. The van der Waals surface area contributed by atoms with Gasteiger partial charge >= 0.3 is 0 Å². The van der Waals surface area contributed by atoms with Gasteiger partial charge in [0.15, 0.2) is 5.78 Å². The number of nitriles is 1. The Kier molecular flexibility index (Phi) is 3.62. The lowest BCUT2D eigenvalue weighted by Crippen LogP contribution is -2.10. The third kappa shape index (κ3) is 2.63. The summed E-state index contributed by atoms with van der Waals surface area (Å²) in [4.78, 5) is 12.2. The summed E-state index contributed by atoms with van der Waals surface area (Å²) in [6, 6.07) is 8.95. The normalized spacial score (nSPS) is 11.6. The zero-order valence-electron chi connectivity index (χ0n) is 10.7. The number of ketones is 1. The van der Waals surface area contributed by atoms with Crippen LogP contribution in [0.4, 0.5) is 0 Å². The second-order valence-corrected chi connectivity index (χ2v) is 4.10. The van der Waals surface area contributed by atoms with E-state index >= 15 is 0 Å². The molecular weight excluding hydrogens is 242 g/mol. The van der Waals surface area contributed by atoms with E-state index < -0.39 is 5.92 Å². The number of carbonyl (C=O) groups is 1. The Morgan fingerprint density at radius 2 is 2.11 bits per heavy atom. The molecule has 96 valence electrons. The Labute approximate surface area is 111 Å². The predicted octanol–water partition coefficient (Wildman–Crippen LogP) is 1.92. The van der Waals surface area contributed by atoms with Crippen molar-refractivity contribution in [2.24, 2.45) is 7.05 Å². The van der Waals surface area contributed by atoms with Crippen LogP contribution in [0.3, 0.4) is 0 Å². The molecule has 0 aliphatic carbocycles. The monoisotopic (exact) mass is 255 g/mol. The fourth-order valence-electron chi connectivity index (χ4n) is 1.80. The third-order valence-electron chi connectivity index (χ3n) is 2.83. The van der Waals surface area contributed by atoms with Gasteiger partial charge in [-0.25, -0.2) is 0 Å². The van der Waals surface area contributed by atoms with Crippen LogP contribution in [0.2, 0.25) is 0 Å². The summed E-state index contributed by atoms with van der Waals surface area (Å²) in [7, 11) is 3.29. The van der Waals surface area contributed by atoms with Gasteiger partial charge in [0, 0.05) is 13.2 Å². The number of hydrogen-bond donors (Lipinski definition) is 0. The van der Waals surface area contributed by atoms with Crippen molar-refractivity contribution in [3.05, 3.63) is 47.8 Å². The number of benzene rings is 1. The molecule has 0 fully saturated rings. The highest BCUT2D eigenvalue weighted by atomic mass is 16.5. The number of hydrogen-bond acceptors (Lipinski definition) is 4. The van der Waals surface area contributed by atoms with Gasteiger partial charge in [0.05, 0.1) is 24.9 Å². The van der Waals surface area contributed by atoms with E-state index in [4.69, 9.17) is 4.74 Å². The van der Waals surface area contributed by atoms with Crippen LogP contribution in [-0.2, 0) is 7.05 Å². The highest BCUT2D eigenvalue weighted by Gasteiger charge is 2.22. The molecule has 1 aromatic heterocycles. The molecule has 0 radical (unpaired) electrons. The molecule has 0 saturated heterocycles. The summed E-state index contributed by atoms with van der Waals surface area (Å²) in [5.41, 5.74) is 1.09. The maximum Gasteiger partial charge on any atom is 0.187 e. The summed E-state index contributed by atoms with van der Waals surface area (Å²) < 4.78 is 6.59. The Bertz CT molecular complexity index is 623. The van der Waals surface area contributed by atoms with Gasteiger partial charge in [-0.2, -0.15) is 10.4 Å². The predicted molar refractivity (Wildman–Crippen MR) is 68.9 cm³/mol. The quantitative estimate of drug-likeness (QED) is 0.783. The summed E-state index contributed by atoms with van der Waals surface area (Å²) in [6.45, 7) is 0. The van der Waals surface area contributed by atoms with Crippen LogP contribution in [0.15, 0.2) is 36.7 Å². The summed E-state index contributed by atoms with van der Waals surface area (Å²) in [6.07, 6.45) is 3.08. The van der Waals surface area contributed by atoms with Crippen LogP contribution in [0, 0.1) is 11.3 Å². The average Bonchev–Trinajstić information content (AvgIpc) is 2.87. The van der Waals surface area contributed by atoms with Gasteiger partial charge in [-0.05, 0) is 17.7 Å². The molecule has 0 spiro atoms. The number of Topliss-reactive ketones (excluding diaryl/α,β-unsaturated/α-hetero) is 1. The third-order valence-corrected chi connectivity index (χ3v) is 2.83. The molecule has 0 bridgehead atoms. The second kappa shape index (κ2) is 5.36. The minimum Gasteiger partial charge on any atom is -0.497 e. The Balaban J connectivity index is 2.29. The largest absolute Gasteiger partial charge is 0.497 e. The molecule has 0 amide bonds. The number of ether oxygens (including phenoxy) is 1. The number of aromatic nitrogens is 2. The minimum absolute atomic E-state index is 0.249. The van der Waals surface area contributed by atoms with Crippen LogP contribution >= 0.6 is 0 Å². The molecule has 19 heavy (non-hydrogen) atoms. The van der Waals surface area contributed by atoms with Gasteiger partial charge < -0.3 is 4.74 Å². The van der Waals surface area contributed by atoms with Gasteiger partial charge in [-0.3, -0.25) is 9.48 Å². The first-order valence-corrected chi connectivity index (χ1v) is 5.72. The number of rotatable bonds is 4. The van der Waals surface area contributed by atoms with Crippen molar-refractivity contribution in [1.82, 2.24) is 9.78 Å². The van der Waals surface area contributed by atoms with Crippen molar-refractivity contribution in [2.75, 3.05) is 7.11 Å². The van der Waals surface area contributed by atoms with E-state index in [-0.39, 0.29) is 5.78 Å². The molecule has 2 aromatic rings. The molecule has 1 aromatic carbocycles. The summed E-state index contributed by atoms with van der Waals surface area (Å²) in [5.74, 6) is -0.384. The smallest absolute Gasteiger partial charge is 0.187 e. The summed E-state index contributed by atoms with van der Waals surface area (Å²) >= 11 is 0. The molecule has 0 aliphatic rings. The van der Waals surface area contributed by atoms with Crippen molar-refractivity contribution in [3.63, 3.8) is 0 Å². The standard InChI is InChI=1S/C14H13N3O2/c1-17-9-11(8-16-17)14(18)13(7-15)10-3-5-12(19-2)6-4-10/h3-6,8-9,13H,1-2H3. The van der Waals surface area contributed by atoms with Crippen molar-refractivity contribution < 1.29 is 9.53 Å². The van der Waals surface area contributed by atoms with Gasteiger partial charge in [0.1, 0.15) is 11.7 Å². The van der Waals surface area contributed by atoms with E-state index in [0.29, 0.717) is 16.9 Å². The molecule has 0 N–H and O–H groups in total. The zero-order valence-corrected chi connectivity index (χ0v) is 10.7. The summed E-state index contributed by atoms with van der Waals surface area (Å²) in [5, 5.41) is 13.2. The molecule has 0 saturated carbocycles. The average molecular weight is 255 g/mol. The SMILES string of the molecule is COc1ccc(C(C#N)C(=O)c2cnn(C)c2)cc1. The van der Waals surface area contributed by atoms with E-state index in [9.17, 15) is 10.1 Å². The maximum atomic E-state index is 12.2. The topological polar surface area (TPSA) is 67.9 Å². The van der Waals surface area contributed by atoms with E-state index in [2.05, 4.69) is 5.10 Å². The lowest BCUT2D eigenvalue weighted by molar-refractivity contribution is 0.0979. The lowest BCUT2D eigenvalue weighted by Gasteiger charge is -2.08. The fraction of sp³-hybridized carbons (Fsp3) is 0.214. The Hall–Kier alpha value is -2.61. The number of aryl methyl sites for hydroxylation is 1. The molecular formula is C14H13N3O2. The molecule has 1 atom stereocenters. The Morgan fingerprint density at radius 1 is 1.42 bits per heavy atom. The first kappa shape index (κ1) is 12.8. The molecule has 1 heterocycles. The number of carbonyl (C=O) groups excluding carboxylic acids is 1. The molecule has 0 aliphatic heterocycles. The van der Waals surface area contributed by atoms with Crippen LogP contribution < -0.4 is 4.74 Å². The second-order valence-electron chi connectivity index (χ2n) is 4.10. The number of nitrogens with zero attached hydrogens (tertiary/aromatic N) is 3. The zero-order chi connectivity index (χ0) is 13.8. The van der Waals surface area contributed by atoms with E-state index in [0.717, 1.165) is 0 Å². The van der Waals surface area contributed by atoms with Crippen molar-refractivity contribution in [3.8, 4) is 11.8 Å². The highest BCUT2D eigenvalue weighted by molar-refractivity contribution is 6.02. The highest BCUT2D eigenvalue weighted by Crippen LogP contribution is 2.22. The molecule has 5 heteroatoms. The first-order valence-electron chi connectivity index (χ1n) is 5.72. The Morgan fingerprint density at radius 3 is 2.58 bits per heavy atom. The van der Waals surface area contributed by atoms with E-state index in [1.54, 1.807) is 44.6 Å². The maximum absolute atomic E-state index is 12.2. The van der Waals surface area contributed by atoms with Crippen molar-refractivity contribution in [1.29, 1.82) is 5.26 Å². The molecule has 2 rings (SSSR count). The van der Waals surface area contributed by atoms with Gasteiger partial charge in [-0.15, -0.1) is 0 Å².